The van der Waals surface area contributed by atoms with E-state index >= 15 is 0 Å². The van der Waals surface area contributed by atoms with Crippen molar-refractivity contribution in [1.82, 2.24) is 5.32 Å². The fourth-order valence-corrected chi connectivity index (χ4v) is 14.1. The average molecular weight is 1760 g/mol. The number of rotatable bonds is 34. The van der Waals surface area contributed by atoms with Gasteiger partial charge in [0.2, 0.25) is 5.91 Å². The van der Waals surface area contributed by atoms with Crippen LogP contribution in [-0.4, -0.2) is 324 Å². The summed E-state index contributed by atoms with van der Waals surface area (Å²) in [4.78, 5) is 239. The Morgan fingerprint density at radius 3 is 0.787 bits per heavy atom. The van der Waals surface area contributed by atoms with E-state index in [1.165, 1.54) is 6.92 Å². The zero-order valence-electron chi connectivity index (χ0n) is 70.7. The topological polar surface area (TPSA) is 578 Å². The van der Waals surface area contributed by atoms with Crippen LogP contribution in [0.4, 0.5) is 0 Å². The summed E-state index contributed by atoms with van der Waals surface area (Å²) in [7, 11) is 0. The van der Waals surface area contributed by atoms with E-state index in [1.54, 1.807) is 13.8 Å². The third-order valence-electron chi connectivity index (χ3n) is 18.2. The summed E-state index contributed by atoms with van der Waals surface area (Å²) < 4.78 is 170. The monoisotopic (exact) mass is 1760 g/mol. The molecule has 6 aliphatic heterocycles. The van der Waals surface area contributed by atoms with Crippen molar-refractivity contribution in [3.63, 3.8) is 0 Å². The number of hydrogen-bond donors (Lipinski definition) is 1. The minimum atomic E-state index is -2.43. The van der Waals surface area contributed by atoms with Crippen LogP contribution in [0.25, 0.3) is 0 Å². The van der Waals surface area contributed by atoms with Gasteiger partial charge in [-0.1, -0.05) is 13.8 Å². The molecular formula is C75H105NO46. The maximum atomic E-state index is 14.2. The van der Waals surface area contributed by atoms with Gasteiger partial charge >= 0.3 is 101 Å². The van der Waals surface area contributed by atoms with Crippen LogP contribution in [0.3, 0.4) is 0 Å². The second-order valence-electron chi connectivity index (χ2n) is 28.9. The molecule has 6 heterocycles. The van der Waals surface area contributed by atoms with Crippen molar-refractivity contribution in [2.45, 2.75) is 329 Å². The van der Waals surface area contributed by atoms with E-state index in [9.17, 15) is 86.3 Å². The maximum absolute atomic E-state index is 14.2. The molecule has 0 bridgehead atoms. The average Bonchev–Trinajstić information content (AvgIpc) is 0.754. The first-order chi connectivity index (χ1) is 57.0. The normalized spacial score (nSPS) is 33.6. The molecule has 6 aliphatic rings. The smallest absolute Gasteiger partial charge is 0.303 e. The van der Waals surface area contributed by atoms with Crippen LogP contribution in [0.1, 0.15) is 145 Å². The lowest BCUT2D eigenvalue weighted by molar-refractivity contribution is -0.392. The van der Waals surface area contributed by atoms with Gasteiger partial charge in [-0.3, -0.25) is 86.3 Å². The molecule has 6 rings (SSSR count). The zero-order chi connectivity index (χ0) is 91.3. The Kier molecular flexibility index (Phi) is 38.0. The van der Waals surface area contributed by atoms with Crippen molar-refractivity contribution in [1.29, 1.82) is 0 Å². The molecule has 1 amide bonds. The molecule has 0 saturated carbocycles. The molecular weight excluding hydrogens is 1650 g/mol. The van der Waals surface area contributed by atoms with Crippen LogP contribution in [0.15, 0.2) is 0 Å². The summed E-state index contributed by atoms with van der Waals surface area (Å²) in [5.74, 6) is -20.1. The summed E-state index contributed by atoms with van der Waals surface area (Å²) in [5.41, 5.74) is 0. The van der Waals surface area contributed by atoms with Gasteiger partial charge < -0.3 is 138 Å². The Bertz CT molecular complexity index is 3750. The van der Waals surface area contributed by atoms with Gasteiger partial charge in [-0.2, -0.15) is 0 Å². The number of carbonyl (C=O) groups is 18. The fraction of sp³-hybridized carbons (Fsp3) is 0.760. The number of amides is 1. The van der Waals surface area contributed by atoms with Gasteiger partial charge in [0.1, 0.15) is 100 Å². The quantitative estimate of drug-likeness (QED) is 0.0565. The van der Waals surface area contributed by atoms with E-state index in [0.717, 1.165) is 125 Å². The van der Waals surface area contributed by atoms with E-state index in [2.05, 4.69) is 5.32 Å². The third-order valence-corrected chi connectivity index (χ3v) is 18.2. The first-order valence-electron chi connectivity index (χ1n) is 38.2. The van der Waals surface area contributed by atoms with Crippen molar-refractivity contribution in [2.24, 2.45) is 5.92 Å². The van der Waals surface area contributed by atoms with E-state index in [1.807, 2.05) is 0 Å². The van der Waals surface area contributed by atoms with Crippen LogP contribution in [0.5, 0.6) is 0 Å². The Labute approximate surface area is 697 Å². The molecule has 12 unspecified atom stereocenters. The lowest BCUT2D eigenvalue weighted by atomic mass is 9.88. The third kappa shape index (κ3) is 29.4. The summed E-state index contributed by atoms with van der Waals surface area (Å²) >= 11 is 0. The second kappa shape index (κ2) is 45.9. The van der Waals surface area contributed by atoms with Crippen LogP contribution in [-0.2, 0) is 219 Å². The predicted octanol–water partition coefficient (Wildman–Crippen LogP) is -1.52. The molecule has 0 spiro atoms. The van der Waals surface area contributed by atoms with E-state index in [4.69, 9.17) is 133 Å². The largest absolute Gasteiger partial charge is 0.463 e. The highest BCUT2D eigenvalue weighted by molar-refractivity contribution is 5.74. The summed E-state index contributed by atoms with van der Waals surface area (Å²) in [5, 5.41) is 2.56. The molecule has 0 aromatic rings. The molecule has 6 fully saturated rings. The molecule has 30 atom stereocenters. The van der Waals surface area contributed by atoms with Crippen molar-refractivity contribution in [3.8, 4) is 0 Å². The Hall–Kier alpha value is -9.98. The summed E-state index contributed by atoms with van der Waals surface area (Å²) in [6, 6.07) is -2.19. The maximum Gasteiger partial charge on any atom is 0.303 e. The van der Waals surface area contributed by atoms with Crippen LogP contribution >= 0.6 is 0 Å². The van der Waals surface area contributed by atoms with Crippen molar-refractivity contribution < 1.29 is 219 Å². The Balaban J connectivity index is 1.66. The van der Waals surface area contributed by atoms with Crippen LogP contribution in [0, 0.1) is 5.92 Å². The molecule has 6 saturated heterocycles. The van der Waals surface area contributed by atoms with Gasteiger partial charge in [-0.05, 0) is 12.8 Å². The van der Waals surface area contributed by atoms with Crippen molar-refractivity contribution in [2.75, 3.05) is 33.0 Å². The Morgan fingerprint density at radius 1 is 0.230 bits per heavy atom. The number of nitrogens with one attached hydrogen (secondary N) is 1. The van der Waals surface area contributed by atoms with E-state index < -0.39 is 330 Å². The zero-order valence-corrected chi connectivity index (χ0v) is 70.7. The molecule has 686 valence electrons. The van der Waals surface area contributed by atoms with E-state index in [-0.39, 0.29) is 0 Å². The van der Waals surface area contributed by atoms with E-state index in [0.29, 0.717) is 0 Å². The fourth-order valence-electron chi connectivity index (χ4n) is 14.1. The predicted molar refractivity (Wildman–Crippen MR) is 384 cm³/mol. The van der Waals surface area contributed by atoms with Crippen molar-refractivity contribution >= 4 is 107 Å². The molecule has 47 nitrogen and oxygen atoms in total. The molecule has 47 heteroatoms. The lowest BCUT2D eigenvalue weighted by Gasteiger charge is -2.52. The molecule has 0 aromatic carbocycles. The minimum absolute atomic E-state index is 0.569. The molecule has 0 aliphatic carbocycles. The summed E-state index contributed by atoms with van der Waals surface area (Å²) in [6.07, 6.45) is -58.4. The van der Waals surface area contributed by atoms with Gasteiger partial charge in [0, 0.05) is 125 Å². The van der Waals surface area contributed by atoms with Gasteiger partial charge in [0.15, 0.2) is 111 Å². The van der Waals surface area contributed by atoms with Gasteiger partial charge in [-0.25, -0.2) is 0 Å². The van der Waals surface area contributed by atoms with Crippen LogP contribution in [0.2, 0.25) is 0 Å². The van der Waals surface area contributed by atoms with Gasteiger partial charge in [-0.15, -0.1) is 0 Å². The molecule has 0 radical (unpaired) electrons. The number of carbonyl (C=O) groups excluding carboxylic acids is 18. The standard InChI is InChI=1S/C75H105NO46/c1-27(2)53-61(105-39(14)87)63(107-41(16)89)58(47(113-53)22-95-30(5)78)118-73-68(111-45(20)93)65(109-43(18)91)59(51(117-73)26-99-34(9)82)119-74-69(112-46(21)94)66(57(104-38(13)86)50(115-74)25-98-33(8)81)121-71-52(76-29(4)77)60(55(102-36(11)84)48(114-71)23-96-31(6)79)120-75-70(64(108-42(17)90)56(103-37(12)85)49(116-75)24-97-32(7)80)122-72-67(110-44(19)92)62(106-40(15)88)54(28(3)100-72)101-35(10)83/h27-28,47-75H,22-26H2,1-21H3,(H,76,77)/t28?,47?,48?,49?,50?,51?,52?,53-,54-,55-,56-,57+,58+,59-,60+,61?,62?,63-,64-,65-,66-,67+,68?,69?,70?,71-,72-,73-,74+,75-/m0/s1. The first-order valence-corrected chi connectivity index (χ1v) is 38.2. The minimum Gasteiger partial charge on any atom is -0.463 e. The number of esters is 17. The van der Waals surface area contributed by atoms with Crippen LogP contribution < -0.4 is 5.32 Å². The molecule has 0 aromatic heterocycles. The Morgan fingerprint density at radius 2 is 0.451 bits per heavy atom. The highest BCUT2D eigenvalue weighted by atomic mass is 16.8. The number of ether oxygens (including phenoxy) is 28. The highest BCUT2D eigenvalue weighted by Gasteiger charge is 2.64. The van der Waals surface area contributed by atoms with Gasteiger partial charge in [0.05, 0.1) is 6.10 Å². The SMILES string of the molecule is CC(=O)NC1[C@H](O[C@@H]2C(OC(C)=O)[C@@H](O[C@H]3C(COC(C)=O)O[C@@H](O[C@@H]4C(COC(C)=O)O[C@@H](C(C)C)C(OC(C)=O)[C@H]4OC(C)=O)C(OC(C)=O)[C@H]3OC(C)=O)OC(COC(C)=O)[C@H]2OC(C)=O)OC(COC(C)=O)[C@H](OC(C)=O)[C@@H]1O[C@@H]1OC(COC(C)=O)[C@H](OC(C)=O)[C@H](OC(C)=O)C1O[C@@H]1OC(C)[C@H](OC(C)=O)C(OC(C)=O)[C@H]1OC(C)=O. The molecule has 122 heavy (non-hydrogen) atoms. The number of hydrogen-bond acceptors (Lipinski definition) is 46. The van der Waals surface area contributed by atoms with Crippen molar-refractivity contribution in [3.05, 3.63) is 0 Å². The second-order valence-corrected chi connectivity index (χ2v) is 28.9. The summed E-state index contributed by atoms with van der Waals surface area (Å²) in [6.45, 7) is 16.6. The molecule has 1 N–H and O–H groups in total. The lowest BCUT2D eigenvalue weighted by Crippen LogP contribution is -2.72. The van der Waals surface area contributed by atoms with Gasteiger partial charge in [0.25, 0.3) is 0 Å². The highest BCUT2D eigenvalue weighted by Crippen LogP contribution is 2.43. The first kappa shape index (κ1) is 101.